The van der Waals surface area contributed by atoms with Crippen molar-refractivity contribution in [1.29, 1.82) is 0 Å². The van der Waals surface area contributed by atoms with Crippen molar-refractivity contribution in [3.05, 3.63) is 23.1 Å². The highest BCUT2D eigenvalue weighted by molar-refractivity contribution is 6.29. The monoisotopic (exact) mass is 363 g/mol. The Kier molecular flexibility index (Phi) is 6.29. The zero-order valence-electron chi connectivity index (χ0n) is 15.0. The fourth-order valence-electron chi connectivity index (χ4n) is 3.61. The summed E-state index contributed by atoms with van der Waals surface area (Å²) >= 11 is 6.02. The van der Waals surface area contributed by atoms with Crippen LogP contribution in [-0.2, 0) is 0 Å². The number of halogens is 1. The minimum Gasteiger partial charge on any atom is -0.481 e. The van der Waals surface area contributed by atoms with Crippen molar-refractivity contribution in [2.24, 2.45) is 5.92 Å². The molecule has 0 amide bonds. The quantitative estimate of drug-likeness (QED) is 0.470. The van der Waals surface area contributed by atoms with Crippen LogP contribution in [0.25, 0.3) is 11.5 Å². The molecule has 1 aliphatic rings. The standard InChI is InChI=1S/C19H26ClN3O2/c1-3-4-5-6-13-7-9-14(10-8-13)18-22-19(25-23-18)15-11-16(20)21-17(12-15)24-2/h11-14H,3-10H2,1-2H3. The predicted molar refractivity (Wildman–Crippen MR) is 97.9 cm³/mol. The molecule has 0 bridgehead atoms. The van der Waals surface area contributed by atoms with E-state index in [4.69, 9.17) is 20.9 Å². The normalized spacial score (nSPS) is 20.6. The average Bonchev–Trinajstić information content (AvgIpc) is 3.12. The molecule has 0 spiro atoms. The second-order valence-corrected chi connectivity index (χ2v) is 7.28. The van der Waals surface area contributed by atoms with Crippen LogP contribution in [0.4, 0.5) is 0 Å². The summed E-state index contributed by atoms with van der Waals surface area (Å²) in [5.74, 6) is 3.00. The van der Waals surface area contributed by atoms with E-state index in [2.05, 4.69) is 22.0 Å². The predicted octanol–water partition coefficient (Wildman–Crippen LogP) is 5.65. The lowest BCUT2D eigenvalue weighted by Crippen LogP contribution is -2.14. The van der Waals surface area contributed by atoms with Crippen LogP contribution in [0.5, 0.6) is 5.88 Å². The molecule has 1 saturated carbocycles. The van der Waals surface area contributed by atoms with Gasteiger partial charge < -0.3 is 9.26 Å². The molecule has 2 aromatic heterocycles. The zero-order chi connectivity index (χ0) is 17.6. The molecular weight excluding hydrogens is 338 g/mol. The Bertz CT molecular complexity index is 681. The Morgan fingerprint density at radius 3 is 2.68 bits per heavy atom. The van der Waals surface area contributed by atoms with Crippen LogP contribution in [0.15, 0.2) is 16.7 Å². The van der Waals surface area contributed by atoms with E-state index in [1.165, 1.54) is 38.5 Å². The van der Waals surface area contributed by atoms with Gasteiger partial charge in [-0.3, -0.25) is 0 Å². The zero-order valence-corrected chi connectivity index (χ0v) is 15.8. The first-order valence-corrected chi connectivity index (χ1v) is 9.63. The largest absolute Gasteiger partial charge is 0.481 e. The summed E-state index contributed by atoms with van der Waals surface area (Å²) in [4.78, 5) is 8.67. The molecule has 0 aliphatic heterocycles. The van der Waals surface area contributed by atoms with Crippen molar-refractivity contribution in [3.63, 3.8) is 0 Å². The molecule has 1 fully saturated rings. The van der Waals surface area contributed by atoms with E-state index in [-0.39, 0.29) is 0 Å². The van der Waals surface area contributed by atoms with Gasteiger partial charge >= 0.3 is 0 Å². The average molecular weight is 364 g/mol. The fourth-order valence-corrected chi connectivity index (χ4v) is 3.81. The lowest BCUT2D eigenvalue weighted by molar-refractivity contribution is 0.292. The SMILES string of the molecule is CCCCCC1CCC(c2noc(-c3cc(Cl)nc(OC)c3)n2)CC1. The molecule has 0 atom stereocenters. The molecular formula is C19H26ClN3O2. The number of hydrogen-bond donors (Lipinski definition) is 0. The molecule has 25 heavy (non-hydrogen) atoms. The second-order valence-electron chi connectivity index (χ2n) is 6.89. The van der Waals surface area contributed by atoms with E-state index in [1.54, 1.807) is 19.2 Å². The van der Waals surface area contributed by atoms with Crippen LogP contribution in [0, 0.1) is 5.92 Å². The van der Waals surface area contributed by atoms with Gasteiger partial charge in [0.1, 0.15) is 5.15 Å². The summed E-state index contributed by atoms with van der Waals surface area (Å²) in [6, 6.07) is 3.47. The Balaban J connectivity index is 1.62. The molecule has 0 radical (unpaired) electrons. The maximum Gasteiger partial charge on any atom is 0.258 e. The Hall–Kier alpha value is -1.62. The van der Waals surface area contributed by atoms with Gasteiger partial charge in [0.2, 0.25) is 5.88 Å². The van der Waals surface area contributed by atoms with E-state index >= 15 is 0 Å². The summed E-state index contributed by atoms with van der Waals surface area (Å²) < 4.78 is 10.6. The lowest BCUT2D eigenvalue weighted by Gasteiger charge is -2.26. The minimum absolute atomic E-state index is 0.349. The number of rotatable bonds is 7. The number of aromatic nitrogens is 3. The van der Waals surface area contributed by atoms with Gasteiger partial charge in [-0.25, -0.2) is 4.98 Å². The number of unbranched alkanes of at least 4 members (excludes halogenated alkanes) is 2. The molecule has 2 heterocycles. The summed E-state index contributed by atoms with van der Waals surface area (Å²) in [5, 5.41) is 4.56. The number of pyridine rings is 1. The summed E-state index contributed by atoms with van der Waals surface area (Å²) in [6.07, 6.45) is 10.2. The first-order valence-electron chi connectivity index (χ1n) is 9.25. The highest BCUT2D eigenvalue weighted by Gasteiger charge is 2.26. The third-order valence-electron chi connectivity index (χ3n) is 5.10. The summed E-state index contributed by atoms with van der Waals surface area (Å²) in [6.45, 7) is 2.26. The van der Waals surface area contributed by atoms with Crippen molar-refractivity contribution in [1.82, 2.24) is 15.1 Å². The van der Waals surface area contributed by atoms with Crippen molar-refractivity contribution in [3.8, 4) is 17.3 Å². The molecule has 3 rings (SSSR count). The third-order valence-corrected chi connectivity index (χ3v) is 5.29. The van der Waals surface area contributed by atoms with Gasteiger partial charge in [0.25, 0.3) is 5.89 Å². The molecule has 1 aliphatic carbocycles. The first kappa shape index (κ1) is 18.2. The van der Waals surface area contributed by atoms with Gasteiger partial charge in [-0.05, 0) is 37.7 Å². The van der Waals surface area contributed by atoms with Crippen LogP contribution in [0.3, 0.4) is 0 Å². The van der Waals surface area contributed by atoms with Crippen molar-refractivity contribution in [2.75, 3.05) is 7.11 Å². The number of nitrogens with zero attached hydrogens (tertiary/aromatic N) is 3. The van der Waals surface area contributed by atoms with Crippen LogP contribution in [0.2, 0.25) is 5.15 Å². The van der Waals surface area contributed by atoms with Crippen LogP contribution >= 0.6 is 11.6 Å². The second kappa shape index (κ2) is 8.65. The van der Waals surface area contributed by atoms with E-state index < -0.39 is 0 Å². The number of hydrogen-bond acceptors (Lipinski definition) is 5. The molecule has 2 aromatic rings. The van der Waals surface area contributed by atoms with Gasteiger partial charge in [-0.1, -0.05) is 49.4 Å². The summed E-state index contributed by atoms with van der Waals surface area (Å²) in [5.41, 5.74) is 0.740. The van der Waals surface area contributed by atoms with Crippen LogP contribution in [0.1, 0.15) is 70.0 Å². The Labute approximate surface area is 154 Å². The topological polar surface area (TPSA) is 61.0 Å². The molecule has 6 heteroatoms. The minimum atomic E-state index is 0.349. The molecule has 136 valence electrons. The van der Waals surface area contributed by atoms with Gasteiger partial charge in [-0.2, -0.15) is 4.98 Å². The number of methoxy groups -OCH3 is 1. The Morgan fingerprint density at radius 1 is 1.16 bits per heavy atom. The first-order chi connectivity index (χ1) is 12.2. The van der Waals surface area contributed by atoms with Crippen molar-refractivity contribution in [2.45, 2.75) is 64.2 Å². The molecule has 5 nitrogen and oxygen atoms in total. The molecule has 0 aromatic carbocycles. The third kappa shape index (κ3) is 4.72. The van der Waals surface area contributed by atoms with Crippen LogP contribution < -0.4 is 4.74 Å². The molecule has 0 unspecified atom stereocenters. The van der Waals surface area contributed by atoms with E-state index in [1.807, 2.05) is 0 Å². The van der Waals surface area contributed by atoms with Gasteiger partial charge in [0.15, 0.2) is 5.82 Å². The van der Waals surface area contributed by atoms with Gasteiger partial charge in [0, 0.05) is 17.5 Å². The maximum atomic E-state index is 6.02. The van der Waals surface area contributed by atoms with Gasteiger partial charge in [0.05, 0.1) is 7.11 Å². The number of ether oxygens (including phenoxy) is 1. The van der Waals surface area contributed by atoms with Crippen LogP contribution in [-0.4, -0.2) is 22.2 Å². The van der Waals surface area contributed by atoms with E-state index in [9.17, 15) is 0 Å². The molecule has 0 N–H and O–H groups in total. The highest BCUT2D eigenvalue weighted by Crippen LogP contribution is 2.37. The smallest absolute Gasteiger partial charge is 0.258 e. The maximum absolute atomic E-state index is 6.02. The van der Waals surface area contributed by atoms with Crippen molar-refractivity contribution >= 4 is 11.6 Å². The highest BCUT2D eigenvalue weighted by atomic mass is 35.5. The van der Waals surface area contributed by atoms with E-state index in [0.717, 1.165) is 30.1 Å². The lowest BCUT2D eigenvalue weighted by atomic mass is 9.79. The molecule has 0 saturated heterocycles. The summed E-state index contributed by atoms with van der Waals surface area (Å²) in [7, 11) is 1.56. The fraction of sp³-hybridized carbons (Fsp3) is 0.632. The Morgan fingerprint density at radius 2 is 1.96 bits per heavy atom. The van der Waals surface area contributed by atoms with Crippen molar-refractivity contribution < 1.29 is 9.26 Å². The van der Waals surface area contributed by atoms with E-state index in [0.29, 0.717) is 22.8 Å². The van der Waals surface area contributed by atoms with Gasteiger partial charge in [-0.15, -0.1) is 0 Å².